The third-order valence-corrected chi connectivity index (χ3v) is 3.87. The predicted octanol–water partition coefficient (Wildman–Crippen LogP) is 2.78. The first-order valence-corrected chi connectivity index (χ1v) is 8.42. The zero-order chi connectivity index (χ0) is 17.1. The molecule has 0 heterocycles. The van der Waals surface area contributed by atoms with Gasteiger partial charge in [-0.3, -0.25) is 4.99 Å². The fourth-order valence-electron chi connectivity index (χ4n) is 2.42. The molecule has 1 atom stereocenters. The van der Waals surface area contributed by atoms with Crippen molar-refractivity contribution in [2.45, 2.75) is 38.6 Å². The van der Waals surface area contributed by atoms with Crippen molar-refractivity contribution < 1.29 is 4.74 Å². The Bertz CT molecular complexity index is 474. The third-order valence-electron chi connectivity index (χ3n) is 3.87. The van der Waals surface area contributed by atoms with Gasteiger partial charge in [-0.2, -0.15) is 0 Å². The van der Waals surface area contributed by atoms with Crippen LogP contribution >= 0.6 is 0 Å². The van der Waals surface area contributed by atoms with Crippen molar-refractivity contribution >= 4 is 5.96 Å². The molecule has 5 nitrogen and oxygen atoms in total. The van der Waals surface area contributed by atoms with Crippen LogP contribution < -0.4 is 15.8 Å². The summed E-state index contributed by atoms with van der Waals surface area (Å²) in [5, 5.41) is 3.19. The first kappa shape index (κ1) is 19.3. The van der Waals surface area contributed by atoms with E-state index in [1.165, 1.54) is 24.8 Å². The standard InChI is InChI=1S/C18H32N4O/c1-5-6-7-8-12-20-18(19)21-14-17(22(2)3)15-10-9-11-16(13-15)23-4/h9-11,13,17H,5-8,12,14H2,1-4H3,(H3,19,20,21). The largest absolute Gasteiger partial charge is 0.497 e. The van der Waals surface area contributed by atoms with Crippen LogP contribution in [-0.4, -0.2) is 45.2 Å². The van der Waals surface area contributed by atoms with E-state index in [0.29, 0.717) is 12.5 Å². The minimum absolute atomic E-state index is 0.172. The Kier molecular flexibility index (Phi) is 9.14. The van der Waals surface area contributed by atoms with Crippen LogP contribution in [0.1, 0.15) is 44.2 Å². The maximum atomic E-state index is 5.97. The quantitative estimate of drug-likeness (QED) is 0.395. The Balaban J connectivity index is 2.56. The molecule has 0 amide bonds. The molecule has 0 aliphatic rings. The fourth-order valence-corrected chi connectivity index (χ4v) is 2.42. The number of unbranched alkanes of at least 4 members (excludes halogenated alkanes) is 3. The summed E-state index contributed by atoms with van der Waals surface area (Å²) in [6, 6.07) is 8.27. The summed E-state index contributed by atoms with van der Waals surface area (Å²) in [5.41, 5.74) is 7.14. The van der Waals surface area contributed by atoms with Crippen molar-refractivity contribution in [3.63, 3.8) is 0 Å². The van der Waals surface area contributed by atoms with Crippen LogP contribution in [0.2, 0.25) is 0 Å². The summed E-state index contributed by atoms with van der Waals surface area (Å²) in [5.74, 6) is 1.39. The average molecular weight is 320 g/mol. The molecule has 0 aromatic heterocycles. The van der Waals surface area contributed by atoms with Gasteiger partial charge in [0.15, 0.2) is 5.96 Å². The third kappa shape index (κ3) is 7.37. The maximum absolute atomic E-state index is 5.97. The zero-order valence-corrected chi connectivity index (χ0v) is 15.0. The highest BCUT2D eigenvalue weighted by Crippen LogP contribution is 2.22. The molecule has 1 aromatic rings. The number of nitrogens with one attached hydrogen (secondary N) is 1. The van der Waals surface area contributed by atoms with Gasteiger partial charge in [0, 0.05) is 6.54 Å². The lowest BCUT2D eigenvalue weighted by Crippen LogP contribution is -2.33. The molecule has 130 valence electrons. The van der Waals surface area contributed by atoms with Crippen LogP contribution in [0.5, 0.6) is 5.75 Å². The van der Waals surface area contributed by atoms with Crippen LogP contribution in [0.25, 0.3) is 0 Å². The summed E-state index contributed by atoms with van der Waals surface area (Å²) in [6.07, 6.45) is 4.89. The van der Waals surface area contributed by atoms with Crippen molar-refractivity contribution in [2.75, 3.05) is 34.3 Å². The number of nitrogens with two attached hydrogens (primary N) is 1. The van der Waals surface area contributed by atoms with E-state index in [1.807, 2.05) is 26.2 Å². The minimum atomic E-state index is 0.172. The van der Waals surface area contributed by atoms with Crippen molar-refractivity contribution in [1.29, 1.82) is 0 Å². The van der Waals surface area contributed by atoms with E-state index < -0.39 is 0 Å². The second-order valence-electron chi connectivity index (χ2n) is 5.97. The molecule has 0 radical (unpaired) electrons. The molecule has 23 heavy (non-hydrogen) atoms. The van der Waals surface area contributed by atoms with Gasteiger partial charge in [0.1, 0.15) is 5.75 Å². The molecule has 1 unspecified atom stereocenters. The van der Waals surface area contributed by atoms with E-state index in [-0.39, 0.29) is 6.04 Å². The van der Waals surface area contributed by atoms with Crippen molar-refractivity contribution in [3.8, 4) is 5.75 Å². The highest BCUT2D eigenvalue weighted by Gasteiger charge is 2.14. The number of ether oxygens (including phenoxy) is 1. The molecule has 0 aliphatic heterocycles. The maximum Gasteiger partial charge on any atom is 0.188 e. The van der Waals surface area contributed by atoms with E-state index in [4.69, 9.17) is 10.5 Å². The topological polar surface area (TPSA) is 62.9 Å². The predicted molar refractivity (Wildman–Crippen MR) is 98.1 cm³/mol. The summed E-state index contributed by atoms with van der Waals surface area (Å²) in [6.45, 7) is 3.72. The van der Waals surface area contributed by atoms with Crippen LogP contribution in [-0.2, 0) is 0 Å². The monoisotopic (exact) mass is 320 g/mol. The number of likely N-dealkylation sites (N-methyl/N-ethyl adjacent to an activating group) is 1. The molecule has 1 rings (SSSR count). The molecule has 0 bridgehead atoms. The van der Waals surface area contributed by atoms with Gasteiger partial charge in [-0.15, -0.1) is 0 Å². The number of guanidine groups is 1. The normalized spacial score (nSPS) is 13.2. The molecule has 0 saturated heterocycles. The lowest BCUT2D eigenvalue weighted by Gasteiger charge is -2.23. The lowest BCUT2D eigenvalue weighted by molar-refractivity contribution is 0.305. The van der Waals surface area contributed by atoms with E-state index in [9.17, 15) is 0 Å². The van der Waals surface area contributed by atoms with Crippen molar-refractivity contribution in [1.82, 2.24) is 10.2 Å². The molecule has 0 fully saturated rings. The Morgan fingerprint density at radius 1 is 1.30 bits per heavy atom. The van der Waals surface area contributed by atoms with E-state index in [2.05, 4.69) is 34.3 Å². The van der Waals surface area contributed by atoms with E-state index >= 15 is 0 Å². The van der Waals surface area contributed by atoms with Gasteiger partial charge in [0.25, 0.3) is 0 Å². The molecule has 0 spiro atoms. The minimum Gasteiger partial charge on any atom is -0.497 e. The van der Waals surface area contributed by atoms with Gasteiger partial charge in [0.05, 0.1) is 19.7 Å². The van der Waals surface area contributed by atoms with Crippen LogP contribution in [0.4, 0.5) is 0 Å². The van der Waals surface area contributed by atoms with Gasteiger partial charge in [-0.05, 0) is 38.2 Å². The van der Waals surface area contributed by atoms with Crippen LogP contribution in [0, 0.1) is 0 Å². The molecular formula is C18H32N4O. The first-order chi connectivity index (χ1) is 11.1. The molecule has 5 heteroatoms. The summed E-state index contributed by atoms with van der Waals surface area (Å²) in [7, 11) is 5.78. The highest BCUT2D eigenvalue weighted by atomic mass is 16.5. The molecule has 0 saturated carbocycles. The highest BCUT2D eigenvalue weighted by molar-refractivity contribution is 5.77. The Morgan fingerprint density at radius 3 is 2.74 bits per heavy atom. The van der Waals surface area contributed by atoms with Crippen molar-refractivity contribution in [3.05, 3.63) is 29.8 Å². The first-order valence-electron chi connectivity index (χ1n) is 8.42. The lowest BCUT2D eigenvalue weighted by atomic mass is 10.1. The van der Waals surface area contributed by atoms with Gasteiger partial charge in [0.2, 0.25) is 0 Å². The Labute approximate surface area is 140 Å². The fraction of sp³-hybridized carbons (Fsp3) is 0.611. The average Bonchev–Trinajstić information content (AvgIpc) is 2.54. The number of hydrogen-bond acceptors (Lipinski definition) is 3. The Hall–Kier alpha value is -1.75. The second kappa shape index (κ2) is 10.9. The number of rotatable bonds is 10. The molecule has 3 N–H and O–H groups in total. The smallest absolute Gasteiger partial charge is 0.188 e. The van der Waals surface area contributed by atoms with E-state index in [1.54, 1.807) is 7.11 Å². The number of hydrogen-bond donors (Lipinski definition) is 2. The van der Waals surface area contributed by atoms with Crippen LogP contribution in [0.15, 0.2) is 29.3 Å². The van der Waals surface area contributed by atoms with Crippen LogP contribution in [0.3, 0.4) is 0 Å². The van der Waals surface area contributed by atoms with Crippen molar-refractivity contribution in [2.24, 2.45) is 10.7 Å². The number of aliphatic imine (C=N–C) groups is 1. The summed E-state index contributed by atoms with van der Waals surface area (Å²) in [4.78, 5) is 6.64. The number of methoxy groups -OCH3 is 1. The molecule has 0 aliphatic carbocycles. The SMILES string of the molecule is CCCCCCNC(N)=NCC(c1cccc(OC)c1)N(C)C. The van der Waals surface area contributed by atoms with Gasteiger partial charge in [-0.25, -0.2) is 0 Å². The number of nitrogens with zero attached hydrogens (tertiary/aromatic N) is 2. The molecular weight excluding hydrogens is 288 g/mol. The second-order valence-corrected chi connectivity index (χ2v) is 5.97. The van der Waals surface area contributed by atoms with Gasteiger partial charge < -0.3 is 20.7 Å². The Morgan fingerprint density at radius 2 is 2.09 bits per heavy atom. The van der Waals surface area contributed by atoms with Gasteiger partial charge >= 0.3 is 0 Å². The number of benzene rings is 1. The summed E-state index contributed by atoms with van der Waals surface area (Å²) < 4.78 is 5.30. The van der Waals surface area contributed by atoms with Gasteiger partial charge in [-0.1, -0.05) is 38.3 Å². The van der Waals surface area contributed by atoms with E-state index in [0.717, 1.165) is 18.7 Å². The zero-order valence-electron chi connectivity index (χ0n) is 15.0. The molecule has 1 aromatic carbocycles. The summed E-state index contributed by atoms with van der Waals surface area (Å²) >= 11 is 0.